The molecule has 1 heterocycles. The summed E-state index contributed by atoms with van der Waals surface area (Å²) in [7, 11) is -4.18. The molecule has 4 rings (SSSR count). The monoisotopic (exact) mass is 563 g/mol. The van der Waals surface area contributed by atoms with Crippen molar-refractivity contribution >= 4 is 38.5 Å². The van der Waals surface area contributed by atoms with Gasteiger partial charge in [-0.3, -0.25) is 14.4 Å². The van der Waals surface area contributed by atoms with Gasteiger partial charge in [0, 0.05) is 26.2 Å². The highest BCUT2D eigenvalue weighted by Gasteiger charge is 2.36. The van der Waals surface area contributed by atoms with E-state index in [9.17, 15) is 22.8 Å². The van der Waals surface area contributed by atoms with Crippen LogP contribution in [0.2, 0.25) is 0 Å². The van der Waals surface area contributed by atoms with Crippen LogP contribution in [-0.4, -0.2) is 62.1 Å². The van der Waals surface area contributed by atoms with Gasteiger partial charge in [0.05, 0.1) is 11.3 Å². The summed E-state index contributed by atoms with van der Waals surface area (Å²) in [5, 5.41) is 1.62. The summed E-state index contributed by atoms with van der Waals surface area (Å²) in [6.45, 7) is 5.59. The van der Waals surface area contributed by atoms with Crippen molar-refractivity contribution in [2.24, 2.45) is 11.8 Å². The number of carbonyl (C=O) groups excluding carboxylic acids is 3. The van der Waals surface area contributed by atoms with Crippen molar-refractivity contribution in [1.82, 2.24) is 14.5 Å². The fourth-order valence-electron chi connectivity index (χ4n) is 5.31. The number of nitrogens with zero attached hydrogens (tertiary/aromatic N) is 2. The van der Waals surface area contributed by atoms with Crippen molar-refractivity contribution in [1.29, 1.82) is 0 Å². The molecule has 1 aliphatic heterocycles. The van der Waals surface area contributed by atoms with E-state index in [1.807, 2.05) is 67.3 Å². The average Bonchev–Trinajstić information content (AvgIpc) is 2.96. The van der Waals surface area contributed by atoms with Crippen LogP contribution < -0.4 is 4.72 Å². The van der Waals surface area contributed by atoms with Gasteiger partial charge in [0.15, 0.2) is 0 Å². The third kappa shape index (κ3) is 7.07. The lowest BCUT2D eigenvalue weighted by Crippen LogP contribution is -2.47. The zero-order chi connectivity index (χ0) is 28.7. The number of likely N-dealkylation sites (tertiary alicyclic amines) is 1. The maximum Gasteiger partial charge on any atom is 0.264 e. The Morgan fingerprint density at radius 2 is 1.52 bits per heavy atom. The van der Waals surface area contributed by atoms with Gasteiger partial charge in [-0.15, -0.1) is 0 Å². The first-order valence-corrected chi connectivity index (χ1v) is 15.4. The molecule has 0 saturated carbocycles. The molecule has 1 aliphatic rings. The summed E-state index contributed by atoms with van der Waals surface area (Å²) in [5.74, 6) is -2.25. The molecule has 0 aliphatic carbocycles. The molecule has 0 radical (unpaired) electrons. The molecule has 1 unspecified atom stereocenters. The maximum atomic E-state index is 13.4. The van der Waals surface area contributed by atoms with Crippen LogP contribution in [-0.2, 0) is 30.8 Å². The predicted molar refractivity (Wildman–Crippen MR) is 155 cm³/mol. The molecule has 1 N–H and O–H groups in total. The van der Waals surface area contributed by atoms with Gasteiger partial charge in [0.25, 0.3) is 10.0 Å². The van der Waals surface area contributed by atoms with Gasteiger partial charge < -0.3 is 9.80 Å². The van der Waals surface area contributed by atoms with Crippen LogP contribution in [0.5, 0.6) is 0 Å². The summed E-state index contributed by atoms with van der Waals surface area (Å²) in [6, 6.07) is 21.6. The molecule has 3 amide bonds. The number of sulfonamides is 1. The first kappa shape index (κ1) is 29.3. The van der Waals surface area contributed by atoms with Gasteiger partial charge in [-0.1, -0.05) is 60.7 Å². The third-order valence-electron chi connectivity index (χ3n) is 7.69. The number of amides is 3. The Kier molecular flexibility index (Phi) is 9.58. The SMILES string of the molecule is CCN(CC)C(=O)C(CC1CCN(C(=O)Cc2ccccc2)CC1)C(=O)NS(=O)(=O)c1ccc2ccccc2c1. The molecule has 9 heteroatoms. The molecule has 0 bridgehead atoms. The minimum atomic E-state index is -4.18. The number of hydrogen-bond donors (Lipinski definition) is 1. The van der Waals surface area contributed by atoms with E-state index in [-0.39, 0.29) is 29.0 Å². The number of fused-ring (bicyclic) bond motifs is 1. The van der Waals surface area contributed by atoms with E-state index in [1.54, 1.807) is 17.0 Å². The summed E-state index contributed by atoms with van der Waals surface area (Å²) < 4.78 is 28.5. The van der Waals surface area contributed by atoms with Crippen molar-refractivity contribution in [2.45, 2.75) is 44.4 Å². The van der Waals surface area contributed by atoms with Crippen molar-refractivity contribution in [3.63, 3.8) is 0 Å². The van der Waals surface area contributed by atoms with Crippen LogP contribution in [0.4, 0.5) is 0 Å². The topological polar surface area (TPSA) is 104 Å². The van der Waals surface area contributed by atoms with E-state index in [4.69, 9.17) is 0 Å². The van der Waals surface area contributed by atoms with Gasteiger partial charge >= 0.3 is 0 Å². The Labute approximate surface area is 236 Å². The quantitative estimate of drug-likeness (QED) is 0.376. The fraction of sp³-hybridized carbons (Fsp3) is 0.387. The lowest BCUT2D eigenvalue weighted by atomic mass is 9.86. The molecule has 212 valence electrons. The largest absolute Gasteiger partial charge is 0.343 e. The van der Waals surface area contributed by atoms with Crippen LogP contribution in [0, 0.1) is 11.8 Å². The third-order valence-corrected chi connectivity index (χ3v) is 9.03. The Bertz CT molecular complexity index is 1450. The second-order valence-corrected chi connectivity index (χ2v) is 11.9. The van der Waals surface area contributed by atoms with E-state index in [1.165, 1.54) is 12.1 Å². The van der Waals surface area contributed by atoms with E-state index < -0.39 is 21.8 Å². The van der Waals surface area contributed by atoms with E-state index in [2.05, 4.69) is 4.72 Å². The van der Waals surface area contributed by atoms with Crippen LogP contribution in [0.15, 0.2) is 77.7 Å². The summed E-state index contributed by atoms with van der Waals surface area (Å²) >= 11 is 0. The van der Waals surface area contributed by atoms with Gasteiger partial charge in [-0.05, 0) is 67.5 Å². The van der Waals surface area contributed by atoms with Crippen molar-refractivity contribution in [2.75, 3.05) is 26.2 Å². The van der Waals surface area contributed by atoms with Gasteiger partial charge in [-0.25, -0.2) is 13.1 Å². The normalized spacial score (nSPS) is 15.0. The van der Waals surface area contributed by atoms with Crippen LogP contribution in [0.25, 0.3) is 10.8 Å². The highest BCUT2D eigenvalue weighted by atomic mass is 32.2. The van der Waals surface area contributed by atoms with Crippen molar-refractivity contribution < 1.29 is 22.8 Å². The Morgan fingerprint density at radius 3 is 2.17 bits per heavy atom. The summed E-state index contributed by atoms with van der Waals surface area (Å²) in [4.78, 5) is 43.0. The number of benzene rings is 3. The molecule has 1 fully saturated rings. The first-order chi connectivity index (χ1) is 19.2. The number of rotatable bonds is 10. The minimum absolute atomic E-state index is 0.0133. The van der Waals surface area contributed by atoms with Gasteiger partial charge in [0.2, 0.25) is 17.7 Å². The molecule has 1 atom stereocenters. The molecule has 8 nitrogen and oxygen atoms in total. The van der Waals surface area contributed by atoms with Crippen LogP contribution >= 0.6 is 0 Å². The zero-order valence-electron chi connectivity index (χ0n) is 23.1. The zero-order valence-corrected chi connectivity index (χ0v) is 23.9. The summed E-state index contributed by atoms with van der Waals surface area (Å²) in [6.07, 6.45) is 1.86. The second kappa shape index (κ2) is 13.1. The van der Waals surface area contributed by atoms with Gasteiger partial charge in [0.1, 0.15) is 5.92 Å². The van der Waals surface area contributed by atoms with Crippen LogP contribution in [0.3, 0.4) is 0 Å². The Balaban J connectivity index is 1.44. The minimum Gasteiger partial charge on any atom is -0.343 e. The number of piperidine rings is 1. The first-order valence-electron chi connectivity index (χ1n) is 13.9. The highest BCUT2D eigenvalue weighted by Crippen LogP contribution is 2.27. The molecular weight excluding hydrogens is 526 g/mol. The average molecular weight is 564 g/mol. The molecule has 0 aromatic heterocycles. The molecule has 40 heavy (non-hydrogen) atoms. The smallest absolute Gasteiger partial charge is 0.264 e. The maximum absolute atomic E-state index is 13.4. The second-order valence-electron chi connectivity index (χ2n) is 10.3. The molecule has 0 spiro atoms. The standard InChI is InChI=1S/C31H37N3O5S/c1-3-33(4-2)31(37)28(20-24-16-18-34(19-17-24)29(35)21-23-10-6-5-7-11-23)30(36)32-40(38,39)27-15-14-25-12-8-9-13-26(25)22-27/h5-15,22,24,28H,3-4,16-21H2,1-2H3,(H,32,36). The Hall–Kier alpha value is -3.72. The lowest BCUT2D eigenvalue weighted by Gasteiger charge is -2.34. The number of nitrogens with one attached hydrogen (secondary N) is 1. The number of hydrogen-bond acceptors (Lipinski definition) is 5. The molecule has 3 aromatic rings. The van der Waals surface area contributed by atoms with Crippen LogP contribution in [0.1, 0.15) is 38.7 Å². The van der Waals surface area contributed by atoms with E-state index in [0.717, 1.165) is 16.3 Å². The van der Waals surface area contributed by atoms with E-state index >= 15 is 0 Å². The van der Waals surface area contributed by atoms with Gasteiger partial charge in [-0.2, -0.15) is 0 Å². The fourth-order valence-corrected chi connectivity index (χ4v) is 6.36. The molecule has 3 aromatic carbocycles. The number of carbonyl (C=O) groups is 3. The van der Waals surface area contributed by atoms with Crippen molar-refractivity contribution in [3.8, 4) is 0 Å². The molecule has 1 saturated heterocycles. The summed E-state index contributed by atoms with van der Waals surface area (Å²) in [5.41, 5.74) is 0.962. The highest BCUT2D eigenvalue weighted by molar-refractivity contribution is 7.90. The molecular formula is C31H37N3O5S. The Morgan fingerprint density at radius 1 is 0.900 bits per heavy atom. The lowest BCUT2D eigenvalue weighted by molar-refractivity contribution is -0.142. The predicted octanol–water partition coefficient (Wildman–Crippen LogP) is 4.00. The van der Waals surface area contributed by atoms with E-state index in [0.29, 0.717) is 45.4 Å². The van der Waals surface area contributed by atoms with Crippen molar-refractivity contribution in [3.05, 3.63) is 78.4 Å².